The molecule has 0 spiro atoms. The van der Waals surface area contributed by atoms with Crippen molar-refractivity contribution in [2.45, 2.75) is 6.42 Å². The van der Waals surface area contributed by atoms with Crippen LogP contribution in [0.4, 0.5) is 0 Å². The number of hydrogen-bond acceptors (Lipinski definition) is 4. The zero-order valence-corrected chi connectivity index (χ0v) is 7.54. The van der Waals surface area contributed by atoms with Crippen LogP contribution in [0.5, 0.6) is 0 Å². The summed E-state index contributed by atoms with van der Waals surface area (Å²) in [6.07, 6.45) is 1.81. The van der Waals surface area contributed by atoms with Crippen LogP contribution >= 0.6 is 0 Å². The van der Waals surface area contributed by atoms with E-state index in [0.717, 1.165) is 0 Å². The highest BCUT2D eigenvalue weighted by Gasteiger charge is 2.49. The summed E-state index contributed by atoms with van der Waals surface area (Å²) in [5, 5.41) is 0. The third-order valence-corrected chi connectivity index (χ3v) is 2.18. The van der Waals surface area contributed by atoms with E-state index < -0.39 is 11.4 Å². The molecule has 4 nitrogen and oxygen atoms in total. The summed E-state index contributed by atoms with van der Waals surface area (Å²) in [5.74, 6) is -0.755. The number of esters is 1. The summed E-state index contributed by atoms with van der Waals surface area (Å²) in [5.41, 5.74) is -1.13. The molecule has 1 unspecified atom stereocenters. The summed E-state index contributed by atoms with van der Waals surface area (Å²) in [6, 6.07) is 0. The molecule has 1 atom stereocenters. The Hall–Kier alpha value is -1.16. The minimum absolute atomic E-state index is 0.0110. The normalized spacial score (nSPS) is 27.3. The number of hydrogen-bond donors (Lipinski definition) is 0. The molecular formula is C9H12O4. The Morgan fingerprint density at radius 1 is 1.85 bits per heavy atom. The van der Waals surface area contributed by atoms with Gasteiger partial charge in [0.05, 0.1) is 13.7 Å². The number of Topliss-reactive ketones (excluding diaryl/α,β-unsaturated/α-hetero) is 1. The molecule has 0 aromatic rings. The second-order valence-electron chi connectivity index (χ2n) is 2.98. The smallest absolute Gasteiger partial charge is 0.322 e. The van der Waals surface area contributed by atoms with Gasteiger partial charge >= 0.3 is 5.97 Å². The highest BCUT2D eigenvalue weighted by Crippen LogP contribution is 2.31. The molecule has 1 heterocycles. The monoisotopic (exact) mass is 184 g/mol. The molecule has 0 aromatic carbocycles. The third kappa shape index (κ3) is 1.49. The molecule has 4 heteroatoms. The van der Waals surface area contributed by atoms with Gasteiger partial charge in [0.25, 0.3) is 0 Å². The summed E-state index contributed by atoms with van der Waals surface area (Å²) in [6.45, 7) is 3.60. The Labute approximate surface area is 76.5 Å². The molecular weight excluding hydrogens is 172 g/mol. The molecule has 0 amide bonds. The summed E-state index contributed by atoms with van der Waals surface area (Å²) in [7, 11) is 1.26. The first kappa shape index (κ1) is 9.92. The molecule has 1 aliphatic rings. The SMILES string of the molecule is C=CCC1(C(=O)OC)COCC1=O. The Balaban J connectivity index is 2.92. The van der Waals surface area contributed by atoms with Crippen LogP contribution < -0.4 is 0 Å². The first-order valence-electron chi connectivity index (χ1n) is 3.98. The maximum atomic E-state index is 11.4. The van der Waals surface area contributed by atoms with E-state index in [1.54, 1.807) is 0 Å². The van der Waals surface area contributed by atoms with Gasteiger partial charge in [-0.25, -0.2) is 0 Å². The van der Waals surface area contributed by atoms with Gasteiger partial charge in [0, 0.05) is 0 Å². The van der Waals surface area contributed by atoms with Crippen LogP contribution in [0.15, 0.2) is 12.7 Å². The van der Waals surface area contributed by atoms with Crippen molar-refractivity contribution in [3.8, 4) is 0 Å². The van der Waals surface area contributed by atoms with Gasteiger partial charge in [0.2, 0.25) is 0 Å². The molecule has 0 bridgehead atoms. The van der Waals surface area contributed by atoms with E-state index in [-0.39, 0.29) is 25.4 Å². The number of carbonyl (C=O) groups excluding carboxylic acids is 2. The molecule has 1 aliphatic heterocycles. The fourth-order valence-corrected chi connectivity index (χ4v) is 1.41. The highest BCUT2D eigenvalue weighted by molar-refractivity contribution is 6.05. The second kappa shape index (κ2) is 3.70. The van der Waals surface area contributed by atoms with Gasteiger partial charge in [0.15, 0.2) is 11.2 Å². The van der Waals surface area contributed by atoms with Crippen LogP contribution in [0.1, 0.15) is 6.42 Å². The predicted molar refractivity (Wildman–Crippen MR) is 45.1 cm³/mol. The molecule has 72 valence electrons. The van der Waals surface area contributed by atoms with E-state index in [1.165, 1.54) is 13.2 Å². The number of rotatable bonds is 3. The van der Waals surface area contributed by atoms with Crippen LogP contribution in [-0.2, 0) is 19.1 Å². The van der Waals surface area contributed by atoms with Gasteiger partial charge in [-0.15, -0.1) is 6.58 Å². The van der Waals surface area contributed by atoms with Crippen molar-refractivity contribution in [2.75, 3.05) is 20.3 Å². The van der Waals surface area contributed by atoms with Crippen LogP contribution in [0.3, 0.4) is 0 Å². The Morgan fingerprint density at radius 2 is 2.54 bits per heavy atom. The summed E-state index contributed by atoms with van der Waals surface area (Å²) < 4.78 is 9.52. The lowest BCUT2D eigenvalue weighted by Gasteiger charge is -2.20. The van der Waals surface area contributed by atoms with E-state index in [0.29, 0.717) is 0 Å². The van der Waals surface area contributed by atoms with Crippen molar-refractivity contribution in [2.24, 2.45) is 5.41 Å². The fraction of sp³-hybridized carbons (Fsp3) is 0.556. The molecule has 0 aliphatic carbocycles. The molecule has 0 saturated carbocycles. The maximum Gasteiger partial charge on any atom is 0.322 e. The largest absolute Gasteiger partial charge is 0.468 e. The van der Waals surface area contributed by atoms with Crippen LogP contribution in [-0.4, -0.2) is 32.1 Å². The molecule has 13 heavy (non-hydrogen) atoms. The Morgan fingerprint density at radius 3 is 2.92 bits per heavy atom. The average molecular weight is 184 g/mol. The molecule has 0 N–H and O–H groups in total. The molecule has 0 radical (unpaired) electrons. The van der Waals surface area contributed by atoms with Crippen molar-refractivity contribution in [3.63, 3.8) is 0 Å². The Bertz CT molecular complexity index is 246. The predicted octanol–water partition coefficient (Wildman–Crippen LogP) is 0.321. The van der Waals surface area contributed by atoms with Gasteiger partial charge in [-0.05, 0) is 6.42 Å². The van der Waals surface area contributed by atoms with Crippen molar-refractivity contribution in [1.29, 1.82) is 0 Å². The summed E-state index contributed by atoms with van der Waals surface area (Å²) >= 11 is 0. The average Bonchev–Trinajstić information content (AvgIpc) is 2.48. The van der Waals surface area contributed by atoms with Crippen LogP contribution in [0.2, 0.25) is 0 Å². The zero-order valence-electron chi connectivity index (χ0n) is 7.54. The van der Waals surface area contributed by atoms with Gasteiger partial charge in [-0.3, -0.25) is 9.59 Å². The van der Waals surface area contributed by atoms with Crippen molar-refractivity contribution in [1.82, 2.24) is 0 Å². The number of methoxy groups -OCH3 is 1. The minimum atomic E-state index is -1.13. The number of allylic oxidation sites excluding steroid dienone is 1. The van der Waals surface area contributed by atoms with E-state index in [9.17, 15) is 9.59 Å². The lowest BCUT2D eigenvalue weighted by Crippen LogP contribution is -2.39. The molecule has 1 fully saturated rings. The number of ether oxygens (including phenoxy) is 2. The number of carbonyl (C=O) groups is 2. The van der Waals surface area contributed by atoms with E-state index in [4.69, 9.17) is 4.74 Å². The van der Waals surface area contributed by atoms with Gasteiger partial charge in [-0.1, -0.05) is 6.08 Å². The quantitative estimate of drug-likeness (QED) is 0.360. The molecule has 1 rings (SSSR count). The van der Waals surface area contributed by atoms with Crippen molar-refractivity contribution < 1.29 is 19.1 Å². The van der Waals surface area contributed by atoms with Gasteiger partial charge < -0.3 is 9.47 Å². The van der Waals surface area contributed by atoms with Crippen LogP contribution in [0.25, 0.3) is 0 Å². The van der Waals surface area contributed by atoms with Gasteiger partial charge in [0.1, 0.15) is 6.61 Å². The molecule has 0 aromatic heterocycles. The topological polar surface area (TPSA) is 52.6 Å². The minimum Gasteiger partial charge on any atom is -0.468 e. The van der Waals surface area contributed by atoms with E-state index >= 15 is 0 Å². The zero-order chi connectivity index (χ0) is 9.90. The fourth-order valence-electron chi connectivity index (χ4n) is 1.41. The molecule has 1 saturated heterocycles. The number of ketones is 1. The maximum absolute atomic E-state index is 11.4. The first-order valence-corrected chi connectivity index (χ1v) is 3.98. The van der Waals surface area contributed by atoms with Crippen molar-refractivity contribution >= 4 is 11.8 Å². The van der Waals surface area contributed by atoms with Crippen molar-refractivity contribution in [3.05, 3.63) is 12.7 Å². The van der Waals surface area contributed by atoms with E-state index in [1.807, 2.05) is 0 Å². The Kier molecular flexibility index (Phi) is 2.83. The van der Waals surface area contributed by atoms with Gasteiger partial charge in [-0.2, -0.15) is 0 Å². The summed E-state index contributed by atoms with van der Waals surface area (Å²) in [4.78, 5) is 22.8. The van der Waals surface area contributed by atoms with E-state index in [2.05, 4.69) is 11.3 Å². The van der Waals surface area contributed by atoms with Crippen LogP contribution in [0, 0.1) is 5.41 Å². The standard InChI is InChI=1S/C9H12O4/c1-3-4-9(8(11)12-2)6-13-5-7(9)10/h3H,1,4-6H2,2H3. The second-order valence-corrected chi connectivity index (χ2v) is 2.98. The third-order valence-electron chi connectivity index (χ3n) is 2.18. The first-order chi connectivity index (χ1) is 6.17. The lowest BCUT2D eigenvalue weighted by molar-refractivity contribution is -0.155. The lowest BCUT2D eigenvalue weighted by atomic mass is 9.83. The highest BCUT2D eigenvalue weighted by atomic mass is 16.5.